The van der Waals surface area contributed by atoms with E-state index in [-0.39, 0.29) is 0 Å². The number of hydrogen-bond acceptors (Lipinski definition) is 6. The lowest BCUT2D eigenvalue weighted by Gasteiger charge is -2.39. The normalized spacial score (nSPS) is 17.5. The highest BCUT2D eigenvalue weighted by atomic mass is 16.5. The number of hydrogen-bond donors (Lipinski definition) is 1. The molecule has 2 heterocycles. The summed E-state index contributed by atoms with van der Waals surface area (Å²) in [6, 6.07) is 5.87. The summed E-state index contributed by atoms with van der Waals surface area (Å²) < 4.78 is 5.30. The Morgan fingerprint density at radius 1 is 1.25 bits per heavy atom. The number of fused-ring (bicyclic) bond motifs is 1. The van der Waals surface area contributed by atoms with E-state index in [1.54, 1.807) is 7.11 Å². The van der Waals surface area contributed by atoms with Gasteiger partial charge in [-0.15, -0.1) is 0 Å². The Morgan fingerprint density at radius 3 is 2.58 bits per heavy atom. The fourth-order valence-electron chi connectivity index (χ4n) is 3.39. The lowest BCUT2D eigenvalue weighted by Crippen LogP contribution is -2.50. The molecule has 0 saturated carbocycles. The molecule has 2 aromatic rings. The quantitative estimate of drug-likeness (QED) is 0.923. The zero-order valence-electron chi connectivity index (χ0n) is 14.9. The van der Waals surface area contributed by atoms with Crippen LogP contribution >= 0.6 is 0 Å². The van der Waals surface area contributed by atoms with Gasteiger partial charge in [-0.1, -0.05) is 0 Å². The Labute approximate surface area is 143 Å². The number of nitrogens with zero attached hydrogens (tertiary/aromatic N) is 4. The highest BCUT2D eigenvalue weighted by molar-refractivity contribution is 5.83. The van der Waals surface area contributed by atoms with Crippen molar-refractivity contribution in [3.63, 3.8) is 0 Å². The summed E-state index contributed by atoms with van der Waals surface area (Å²) in [6.07, 6.45) is 1.45. The van der Waals surface area contributed by atoms with Gasteiger partial charge in [0.05, 0.1) is 23.9 Å². The molecule has 1 aliphatic rings. The van der Waals surface area contributed by atoms with Gasteiger partial charge in [0, 0.05) is 31.1 Å². The van der Waals surface area contributed by atoms with Crippen LogP contribution in [-0.2, 0) is 0 Å². The predicted octanol–water partition coefficient (Wildman–Crippen LogP) is 1.84. The van der Waals surface area contributed by atoms with Gasteiger partial charge in [-0.2, -0.15) is 0 Å². The van der Waals surface area contributed by atoms with Gasteiger partial charge in [0.25, 0.3) is 0 Å². The molecule has 1 saturated heterocycles. The number of aliphatic hydroxyl groups is 1. The minimum absolute atomic E-state index is 0.616. The molecule has 1 N–H and O–H groups in total. The Morgan fingerprint density at radius 2 is 1.96 bits per heavy atom. The summed E-state index contributed by atoms with van der Waals surface area (Å²) in [7, 11) is 5.65. The topological polar surface area (TPSA) is 61.7 Å². The number of methoxy groups -OCH3 is 1. The van der Waals surface area contributed by atoms with E-state index in [0.717, 1.165) is 54.2 Å². The third-order valence-corrected chi connectivity index (χ3v) is 4.67. The molecule has 0 aliphatic carbocycles. The zero-order valence-corrected chi connectivity index (χ0v) is 14.9. The van der Waals surface area contributed by atoms with Crippen molar-refractivity contribution in [1.29, 1.82) is 0 Å². The Kier molecular flexibility index (Phi) is 4.60. The van der Waals surface area contributed by atoms with Crippen molar-refractivity contribution in [3.05, 3.63) is 23.9 Å². The van der Waals surface area contributed by atoms with Crippen molar-refractivity contribution in [3.8, 4) is 5.75 Å². The summed E-state index contributed by atoms with van der Waals surface area (Å²) >= 11 is 0. The molecule has 1 fully saturated rings. The van der Waals surface area contributed by atoms with Gasteiger partial charge in [0.2, 0.25) is 5.95 Å². The second-order valence-corrected chi connectivity index (χ2v) is 6.94. The molecule has 6 heteroatoms. The molecule has 130 valence electrons. The van der Waals surface area contributed by atoms with E-state index in [9.17, 15) is 5.11 Å². The van der Waals surface area contributed by atoms with E-state index in [4.69, 9.17) is 9.72 Å². The lowest BCUT2D eigenvalue weighted by atomic mass is 9.91. The second-order valence-electron chi connectivity index (χ2n) is 6.94. The van der Waals surface area contributed by atoms with Crippen molar-refractivity contribution in [1.82, 2.24) is 14.9 Å². The van der Waals surface area contributed by atoms with E-state index < -0.39 is 5.60 Å². The molecule has 1 aliphatic heterocycles. The molecule has 0 radical (unpaired) electrons. The van der Waals surface area contributed by atoms with Gasteiger partial charge >= 0.3 is 0 Å². The number of benzene rings is 1. The molecule has 0 spiro atoms. The average molecular weight is 330 g/mol. The Bertz CT molecular complexity index is 724. The summed E-state index contributed by atoms with van der Waals surface area (Å²) in [4.78, 5) is 13.6. The number of rotatable bonds is 4. The first-order valence-electron chi connectivity index (χ1n) is 8.35. The van der Waals surface area contributed by atoms with Crippen LogP contribution in [0.2, 0.25) is 0 Å². The van der Waals surface area contributed by atoms with Gasteiger partial charge in [-0.3, -0.25) is 0 Å². The minimum Gasteiger partial charge on any atom is -0.497 e. The summed E-state index contributed by atoms with van der Waals surface area (Å²) in [5.74, 6) is 1.53. The Hall–Kier alpha value is -1.92. The fourth-order valence-corrected chi connectivity index (χ4v) is 3.39. The van der Waals surface area contributed by atoms with Crippen molar-refractivity contribution >= 4 is 16.9 Å². The maximum Gasteiger partial charge on any atom is 0.226 e. The molecular formula is C18H26N4O2. The van der Waals surface area contributed by atoms with Crippen molar-refractivity contribution in [2.45, 2.75) is 25.4 Å². The maximum atomic E-state index is 10.7. The van der Waals surface area contributed by atoms with Crippen molar-refractivity contribution in [2.24, 2.45) is 0 Å². The molecule has 0 bridgehead atoms. The van der Waals surface area contributed by atoms with Crippen LogP contribution in [0.4, 0.5) is 5.95 Å². The number of piperidine rings is 1. The largest absolute Gasteiger partial charge is 0.497 e. The van der Waals surface area contributed by atoms with Crippen LogP contribution in [0.15, 0.2) is 18.2 Å². The van der Waals surface area contributed by atoms with Crippen LogP contribution in [-0.4, -0.2) is 66.4 Å². The summed E-state index contributed by atoms with van der Waals surface area (Å²) in [6.45, 7) is 4.22. The average Bonchev–Trinajstić information content (AvgIpc) is 2.53. The van der Waals surface area contributed by atoms with Crippen LogP contribution in [0.25, 0.3) is 10.9 Å². The molecular weight excluding hydrogens is 304 g/mol. The third kappa shape index (κ3) is 3.44. The van der Waals surface area contributed by atoms with Gasteiger partial charge in [-0.05, 0) is 46.0 Å². The molecule has 6 nitrogen and oxygen atoms in total. The summed E-state index contributed by atoms with van der Waals surface area (Å²) in [5, 5.41) is 11.7. The number of anilines is 1. The van der Waals surface area contributed by atoms with E-state index >= 15 is 0 Å². The number of aromatic nitrogens is 2. The molecule has 0 atom stereocenters. The standard InChI is InChI=1S/C18H26N4O2/c1-13-15-6-5-14(24-4)11-16(15)20-17(19-13)22-9-7-18(23,8-10-22)12-21(2)3/h5-6,11,23H,7-10,12H2,1-4H3. The maximum absolute atomic E-state index is 10.7. The SMILES string of the molecule is COc1ccc2c(C)nc(N3CCC(O)(CN(C)C)CC3)nc2c1. The monoisotopic (exact) mass is 330 g/mol. The van der Waals surface area contributed by atoms with Crippen LogP contribution in [0.1, 0.15) is 18.5 Å². The van der Waals surface area contributed by atoms with Crippen molar-refractivity contribution in [2.75, 3.05) is 45.7 Å². The van der Waals surface area contributed by atoms with Gasteiger partial charge in [0.1, 0.15) is 5.75 Å². The molecule has 1 aromatic carbocycles. The predicted molar refractivity (Wildman–Crippen MR) is 95.8 cm³/mol. The second kappa shape index (κ2) is 6.53. The highest BCUT2D eigenvalue weighted by Crippen LogP contribution is 2.28. The highest BCUT2D eigenvalue weighted by Gasteiger charge is 2.33. The molecule has 0 amide bonds. The van der Waals surface area contributed by atoms with Crippen LogP contribution < -0.4 is 9.64 Å². The van der Waals surface area contributed by atoms with Gasteiger partial charge < -0.3 is 19.6 Å². The first kappa shape index (κ1) is 16.9. The number of likely N-dealkylation sites (N-methyl/N-ethyl adjacent to an activating group) is 1. The number of ether oxygens (including phenoxy) is 1. The third-order valence-electron chi connectivity index (χ3n) is 4.67. The van der Waals surface area contributed by atoms with Crippen LogP contribution in [0.3, 0.4) is 0 Å². The lowest BCUT2D eigenvalue weighted by molar-refractivity contribution is -0.00557. The fraction of sp³-hybridized carbons (Fsp3) is 0.556. The van der Waals surface area contributed by atoms with Crippen LogP contribution in [0.5, 0.6) is 5.75 Å². The Balaban J connectivity index is 1.83. The first-order chi connectivity index (χ1) is 11.4. The smallest absolute Gasteiger partial charge is 0.226 e. The minimum atomic E-state index is -0.616. The summed E-state index contributed by atoms with van der Waals surface area (Å²) in [5.41, 5.74) is 1.24. The van der Waals surface area contributed by atoms with Crippen molar-refractivity contribution < 1.29 is 9.84 Å². The molecule has 1 aromatic heterocycles. The van der Waals surface area contributed by atoms with E-state index in [1.165, 1.54) is 0 Å². The van der Waals surface area contributed by atoms with Gasteiger partial charge in [0.15, 0.2) is 0 Å². The van der Waals surface area contributed by atoms with E-state index in [0.29, 0.717) is 6.54 Å². The van der Waals surface area contributed by atoms with E-state index in [1.807, 2.05) is 44.1 Å². The van der Waals surface area contributed by atoms with Crippen LogP contribution in [0, 0.1) is 6.92 Å². The zero-order chi connectivity index (χ0) is 17.3. The molecule has 3 rings (SSSR count). The molecule has 24 heavy (non-hydrogen) atoms. The number of aryl methyl sites for hydroxylation is 1. The van der Waals surface area contributed by atoms with Gasteiger partial charge in [-0.25, -0.2) is 9.97 Å². The molecule has 0 unspecified atom stereocenters. The van der Waals surface area contributed by atoms with E-state index in [2.05, 4.69) is 9.88 Å². The first-order valence-corrected chi connectivity index (χ1v) is 8.35.